The first-order valence-electron chi connectivity index (χ1n) is 4.04. The number of rotatable bonds is 0. The quantitative estimate of drug-likeness (QED) is 0.481. The van der Waals surface area contributed by atoms with Crippen molar-refractivity contribution in [3.05, 3.63) is 0 Å². The van der Waals surface area contributed by atoms with Gasteiger partial charge in [0.05, 0.1) is 0 Å². The van der Waals surface area contributed by atoms with Crippen LogP contribution in [0.3, 0.4) is 0 Å². The van der Waals surface area contributed by atoms with Crippen molar-refractivity contribution < 1.29 is 4.74 Å². The first-order valence-corrected chi connectivity index (χ1v) is 4.04. The molecule has 1 saturated carbocycles. The minimum Gasteiger partial charge on any atom is -0.381 e. The number of hydrogen-bond donors (Lipinski definition) is 0. The summed E-state index contributed by atoms with van der Waals surface area (Å²) in [6, 6.07) is 0. The maximum Gasteiger partial charge on any atom is 0.0497 e. The normalized spacial score (nSPS) is 42.7. The zero-order valence-electron chi connectivity index (χ0n) is 5.81. The van der Waals surface area contributed by atoms with Crippen molar-refractivity contribution in [1.29, 1.82) is 0 Å². The summed E-state index contributed by atoms with van der Waals surface area (Å²) in [5, 5.41) is 0. The fourth-order valence-electron chi connectivity index (χ4n) is 2.09. The minimum atomic E-state index is 0.943. The van der Waals surface area contributed by atoms with Crippen molar-refractivity contribution in [1.82, 2.24) is 0 Å². The predicted octanol–water partition coefficient (Wildman–Crippen LogP) is 1.82. The second kappa shape index (κ2) is 2.30. The second-order valence-corrected chi connectivity index (χ2v) is 3.34. The molecule has 9 heavy (non-hydrogen) atoms. The van der Waals surface area contributed by atoms with E-state index in [1.807, 2.05) is 0 Å². The molecule has 1 aliphatic carbocycles. The molecule has 0 amide bonds. The summed E-state index contributed by atoms with van der Waals surface area (Å²) >= 11 is 0. The molecule has 0 radical (unpaired) electrons. The van der Waals surface area contributed by atoms with Crippen molar-refractivity contribution in [3.8, 4) is 0 Å². The van der Waals surface area contributed by atoms with Crippen molar-refractivity contribution in [2.75, 3.05) is 13.2 Å². The zero-order valence-corrected chi connectivity index (χ0v) is 5.81. The van der Waals surface area contributed by atoms with E-state index >= 15 is 0 Å². The third kappa shape index (κ3) is 0.983. The summed E-state index contributed by atoms with van der Waals surface area (Å²) in [4.78, 5) is 0. The van der Waals surface area contributed by atoms with Crippen molar-refractivity contribution in [2.24, 2.45) is 11.8 Å². The average molecular weight is 126 g/mol. The van der Waals surface area contributed by atoms with Crippen molar-refractivity contribution >= 4 is 0 Å². The minimum absolute atomic E-state index is 0.943. The number of fused-ring (bicyclic) bond motifs is 1. The molecule has 0 bridgehead atoms. The van der Waals surface area contributed by atoms with E-state index in [0.717, 1.165) is 25.0 Å². The Kier molecular flexibility index (Phi) is 1.46. The lowest BCUT2D eigenvalue weighted by atomic mass is 9.82. The van der Waals surface area contributed by atoms with Gasteiger partial charge in [0.25, 0.3) is 0 Å². The zero-order chi connectivity index (χ0) is 6.10. The van der Waals surface area contributed by atoms with Crippen molar-refractivity contribution in [3.63, 3.8) is 0 Å². The van der Waals surface area contributed by atoms with Crippen LogP contribution in [0.25, 0.3) is 0 Å². The molecular formula is C8H14O. The monoisotopic (exact) mass is 126 g/mol. The van der Waals surface area contributed by atoms with Crippen LogP contribution in [-0.2, 0) is 4.74 Å². The van der Waals surface area contributed by atoms with Gasteiger partial charge >= 0.3 is 0 Å². The first kappa shape index (κ1) is 5.72. The van der Waals surface area contributed by atoms with Gasteiger partial charge in [-0.2, -0.15) is 0 Å². The molecule has 0 aromatic carbocycles. The van der Waals surface area contributed by atoms with E-state index in [2.05, 4.69) is 0 Å². The summed E-state index contributed by atoms with van der Waals surface area (Å²) in [5.41, 5.74) is 0. The largest absolute Gasteiger partial charge is 0.381 e. The Morgan fingerprint density at radius 3 is 2.00 bits per heavy atom. The van der Waals surface area contributed by atoms with Crippen LogP contribution in [0.4, 0.5) is 0 Å². The van der Waals surface area contributed by atoms with E-state index in [-0.39, 0.29) is 0 Å². The Bertz CT molecular complexity index is 88.7. The first-order chi connectivity index (χ1) is 4.47. The van der Waals surface area contributed by atoms with Gasteiger partial charge < -0.3 is 4.74 Å². The molecule has 1 nitrogen and oxygen atoms in total. The van der Waals surface area contributed by atoms with Crippen LogP contribution in [-0.4, -0.2) is 13.2 Å². The highest BCUT2D eigenvalue weighted by atomic mass is 16.5. The Morgan fingerprint density at radius 2 is 1.44 bits per heavy atom. The van der Waals surface area contributed by atoms with E-state index in [0.29, 0.717) is 0 Å². The van der Waals surface area contributed by atoms with Gasteiger partial charge in [0.1, 0.15) is 0 Å². The molecule has 1 aliphatic heterocycles. The Morgan fingerprint density at radius 1 is 0.889 bits per heavy atom. The van der Waals surface area contributed by atoms with Gasteiger partial charge in [-0.05, 0) is 24.7 Å². The van der Waals surface area contributed by atoms with E-state index < -0.39 is 0 Å². The lowest BCUT2D eigenvalue weighted by molar-refractivity contribution is 0.181. The maximum absolute atomic E-state index is 5.39. The molecule has 2 aliphatic rings. The smallest absolute Gasteiger partial charge is 0.0497 e. The van der Waals surface area contributed by atoms with Gasteiger partial charge in [0, 0.05) is 13.2 Å². The lowest BCUT2D eigenvalue weighted by Crippen LogP contribution is -2.16. The molecule has 2 rings (SSSR count). The molecule has 0 aromatic rings. The summed E-state index contributed by atoms with van der Waals surface area (Å²) in [6.07, 6.45) is 5.77. The van der Waals surface area contributed by atoms with Gasteiger partial charge in [-0.25, -0.2) is 0 Å². The molecule has 52 valence electrons. The van der Waals surface area contributed by atoms with Crippen LogP contribution in [0.2, 0.25) is 0 Å². The third-order valence-electron chi connectivity index (χ3n) is 2.73. The SMILES string of the molecule is C1CC[C@H]2COC[C@@H]2C1. The molecule has 0 spiro atoms. The highest BCUT2D eigenvalue weighted by Gasteiger charge is 2.29. The topological polar surface area (TPSA) is 9.23 Å². The summed E-state index contributed by atoms with van der Waals surface area (Å²) in [6.45, 7) is 2.12. The maximum atomic E-state index is 5.39. The Hall–Kier alpha value is -0.0400. The molecule has 1 heterocycles. The summed E-state index contributed by atoms with van der Waals surface area (Å²) in [5.74, 6) is 1.89. The summed E-state index contributed by atoms with van der Waals surface area (Å²) in [7, 11) is 0. The average Bonchev–Trinajstić information content (AvgIpc) is 2.33. The molecule has 0 aromatic heterocycles. The highest BCUT2D eigenvalue weighted by Crippen LogP contribution is 2.34. The van der Waals surface area contributed by atoms with Gasteiger partial charge in [-0.3, -0.25) is 0 Å². The predicted molar refractivity (Wildman–Crippen MR) is 36.3 cm³/mol. The second-order valence-electron chi connectivity index (χ2n) is 3.34. The van der Waals surface area contributed by atoms with Crippen molar-refractivity contribution in [2.45, 2.75) is 25.7 Å². The van der Waals surface area contributed by atoms with Crippen LogP contribution >= 0.6 is 0 Å². The third-order valence-corrected chi connectivity index (χ3v) is 2.73. The van der Waals surface area contributed by atoms with Gasteiger partial charge in [0.2, 0.25) is 0 Å². The number of hydrogen-bond acceptors (Lipinski definition) is 1. The van der Waals surface area contributed by atoms with E-state index in [1.165, 1.54) is 25.7 Å². The molecule has 1 heteroatoms. The fourth-order valence-corrected chi connectivity index (χ4v) is 2.09. The van der Waals surface area contributed by atoms with Crippen LogP contribution in [0, 0.1) is 11.8 Å². The molecule has 2 fully saturated rings. The van der Waals surface area contributed by atoms with Gasteiger partial charge in [0.15, 0.2) is 0 Å². The molecule has 2 atom stereocenters. The summed E-state index contributed by atoms with van der Waals surface area (Å²) < 4.78 is 5.39. The van der Waals surface area contributed by atoms with Crippen LogP contribution < -0.4 is 0 Å². The van der Waals surface area contributed by atoms with E-state index in [9.17, 15) is 0 Å². The van der Waals surface area contributed by atoms with E-state index in [1.54, 1.807) is 0 Å². The molecule has 1 saturated heterocycles. The highest BCUT2D eigenvalue weighted by molar-refractivity contribution is 4.78. The van der Waals surface area contributed by atoms with E-state index in [4.69, 9.17) is 4.74 Å². The molecular weight excluding hydrogens is 112 g/mol. The fraction of sp³-hybridized carbons (Fsp3) is 1.00. The van der Waals surface area contributed by atoms with Crippen LogP contribution in [0.1, 0.15) is 25.7 Å². The Labute approximate surface area is 56.4 Å². The molecule has 0 N–H and O–H groups in total. The van der Waals surface area contributed by atoms with Crippen LogP contribution in [0.5, 0.6) is 0 Å². The standard InChI is InChI=1S/C8H14O/c1-2-4-8-6-9-5-7(8)3-1/h7-8H,1-6H2/t7-,8-/m0/s1. The lowest BCUT2D eigenvalue weighted by Gasteiger charge is -2.22. The Balaban J connectivity index is 1.97. The van der Waals surface area contributed by atoms with Gasteiger partial charge in [-0.1, -0.05) is 12.8 Å². The number of ether oxygens (including phenoxy) is 1. The molecule has 0 unspecified atom stereocenters. The van der Waals surface area contributed by atoms with Crippen LogP contribution in [0.15, 0.2) is 0 Å². The van der Waals surface area contributed by atoms with Gasteiger partial charge in [-0.15, -0.1) is 0 Å².